The molecule has 0 aromatic carbocycles. The first-order valence-corrected chi connectivity index (χ1v) is 6.90. The van der Waals surface area contributed by atoms with Gasteiger partial charge in [-0.3, -0.25) is 0 Å². The largest absolute Gasteiger partial charge is 0.303 e. The second kappa shape index (κ2) is 9.49. The molecule has 1 rings (SSSR count). The molecule has 1 fully saturated rings. The molecule has 2 heteroatoms. The van der Waals surface area contributed by atoms with Crippen LogP contribution in [-0.2, 0) is 4.79 Å². The third kappa shape index (κ3) is 5.98. The van der Waals surface area contributed by atoms with Crippen LogP contribution in [0.1, 0.15) is 44.9 Å². The number of rotatable bonds is 3. The van der Waals surface area contributed by atoms with Crippen molar-refractivity contribution < 1.29 is 4.79 Å². The van der Waals surface area contributed by atoms with Gasteiger partial charge in [-0.1, -0.05) is 54.7 Å². The normalized spacial score (nSPS) is 17.8. The maximum Gasteiger partial charge on any atom is 0.120 e. The van der Waals surface area contributed by atoms with Crippen LogP contribution in [0.5, 0.6) is 0 Å². The second-order valence-electron chi connectivity index (χ2n) is 3.25. The van der Waals surface area contributed by atoms with Crippen molar-refractivity contribution >= 4 is 28.9 Å². The lowest BCUT2D eigenvalue weighted by Gasteiger charge is -2.19. The van der Waals surface area contributed by atoms with E-state index in [9.17, 15) is 4.79 Å². The third-order valence-electron chi connectivity index (χ3n) is 2.42. The van der Waals surface area contributed by atoms with E-state index in [4.69, 9.17) is 0 Å². The van der Waals surface area contributed by atoms with E-state index in [-0.39, 0.29) is 0 Å². The highest BCUT2D eigenvalue weighted by molar-refractivity contribution is 14.1. The molecule has 0 amide bonds. The van der Waals surface area contributed by atoms with Crippen LogP contribution in [-0.4, -0.2) is 11.2 Å². The molecule has 0 bridgehead atoms. The van der Waals surface area contributed by atoms with Gasteiger partial charge >= 0.3 is 0 Å². The summed E-state index contributed by atoms with van der Waals surface area (Å²) in [6, 6.07) is 0. The van der Waals surface area contributed by atoms with Gasteiger partial charge in [-0.25, -0.2) is 0 Å². The molecule has 0 heterocycles. The predicted octanol–water partition coefficient (Wildman–Crippen LogP) is 3.60. The molecule has 1 aliphatic rings. The van der Waals surface area contributed by atoms with E-state index in [1.807, 2.05) is 4.93 Å². The summed E-state index contributed by atoms with van der Waals surface area (Å²) in [5.74, 6) is 0.874. The van der Waals surface area contributed by atoms with Crippen LogP contribution >= 0.6 is 22.6 Å². The SMILES string of the molecule is CI.O=CCCC1CCCCC1. The second-order valence-corrected chi connectivity index (χ2v) is 3.25. The Morgan fingerprint density at radius 1 is 1.25 bits per heavy atom. The number of hydrogen-bond acceptors (Lipinski definition) is 1. The maximum absolute atomic E-state index is 10.0. The van der Waals surface area contributed by atoms with Gasteiger partial charge in [0.15, 0.2) is 0 Å². The average Bonchev–Trinajstić information content (AvgIpc) is 2.19. The van der Waals surface area contributed by atoms with E-state index in [0.717, 1.165) is 25.0 Å². The summed E-state index contributed by atoms with van der Waals surface area (Å²) in [5, 5.41) is 0. The zero-order valence-corrected chi connectivity index (χ0v) is 10.0. The van der Waals surface area contributed by atoms with Gasteiger partial charge in [0.25, 0.3) is 0 Å². The molecule has 1 aliphatic carbocycles. The highest BCUT2D eigenvalue weighted by atomic mass is 127. The molecular weight excluding hydrogens is 263 g/mol. The van der Waals surface area contributed by atoms with Crippen LogP contribution < -0.4 is 0 Å². The van der Waals surface area contributed by atoms with Crippen LogP contribution in [0.25, 0.3) is 0 Å². The van der Waals surface area contributed by atoms with E-state index in [0.29, 0.717) is 0 Å². The summed E-state index contributed by atoms with van der Waals surface area (Å²) in [6.45, 7) is 0. The van der Waals surface area contributed by atoms with Crippen molar-refractivity contribution in [2.24, 2.45) is 5.92 Å². The lowest BCUT2D eigenvalue weighted by atomic mass is 9.86. The summed E-state index contributed by atoms with van der Waals surface area (Å²) >= 11 is 2.15. The van der Waals surface area contributed by atoms with Gasteiger partial charge in [-0.2, -0.15) is 0 Å². The van der Waals surface area contributed by atoms with Crippen molar-refractivity contribution in [3.8, 4) is 0 Å². The molecule has 0 saturated heterocycles. The van der Waals surface area contributed by atoms with Crippen molar-refractivity contribution in [1.29, 1.82) is 0 Å². The van der Waals surface area contributed by atoms with Crippen LogP contribution in [0.3, 0.4) is 0 Å². The molecule has 0 radical (unpaired) electrons. The van der Waals surface area contributed by atoms with E-state index in [1.165, 1.54) is 32.1 Å². The minimum Gasteiger partial charge on any atom is -0.303 e. The fraction of sp³-hybridized carbons (Fsp3) is 0.900. The van der Waals surface area contributed by atoms with Crippen LogP contribution in [0.2, 0.25) is 0 Å². The fourth-order valence-corrected chi connectivity index (χ4v) is 1.78. The molecule has 0 atom stereocenters. The zero-order chi connectivity index (χ0) is 9.23. The summed E-state index contributed by atoms with van der Waals surface area (Å²) < 4.78 is 0. The molecule has 1 nitrogen and oxygen atoms in total. The Labute approximate surface area is 89.4 Å². The Hall–Kier alpha value is 0.400. The van der Waals surface area contributed by atoms with Gasteiger partial charge < -0.3 is 4.79 Å². The Kier molecular flexibility index (Phi) is 9.80. The van der Waals surface area contributed by atoms with Crippen molar-refractivity contribution in [3.05, 3.63) is 0 Å². The molecule has 0 N–H and O–H groups in total. The summed E-state index contributed by atoms with van der Waals surface area (Å²) in [6.07, 6.45) is 9.91. The highest BCUT2D eigenvalue weighted by Gasteiger charge is 2.11. The molecule has 12 heavy (non-hydrogen) atoms. The Morgan fingerprint density at radius 2 is 1.83 bits per heavy atom. The standard InChI is InChI=1S/C9H16O.CH3I/c10-8-4-7-9-5-2-1-3-6-9;1-2/h8-9H,1-7H2;1H3. The summed E-state index contributed by atoms with van der Waals surface area (Å²) in [5.41, 5.74) is 0. The van der Waals surface area contributed by atoms with Gasteiger partial charge in [0.05, 0.1) is 0 Å². The van der Waals surface area contributed by atoms with Crippen molar-refractivity contribution in [2.75, 3.05) is 4.93 Å². The van der Waals surface area contributed by atoms with Gasteiger partial charge in [-0.15, -0.1) is 0 Å². The smallest absolute Gasteiger partial charge is 0.120 e. The molecule has 0 spiro atoms. The molecule has 1 saturated carbocycles. The monoisotopic (exact) mass is 282 g/mol. The first kappa shape index (κ1) is 12.4. The Morgan fingerprint density at radius 3 is 2.33 bits per heavy atom. The number of halogens is 1. The molecule has 0 aliphatic heterocycles. The minimum atomic E-state index is 0.782. The van der Waals surface area contributed by atoms with Crippen LogP contribution in [0.4, 0.5) is 0 Å². The molecule has 72 valence electrons. The van der Waals surface area contributed by atoms with Gasteiger partial charge in [0, 0.05) is 6.42 Å². The van der Waals surface area contributed by atoms with Crippen molar-refractivity contribution in [2.45, 2.75) is 44.9 Å². The Bertz CT molecular complexity index is 98.0. The zero-order valence-electron chi connectivity index (χ0n) is 7.89. The van der Waals surface area contributed by atoms with Crippen LogP contribution in [0, 0.1) is 5.92 Å². The van der Waals surface area contributed by atoms with Crippen molar-refractivity contribution in [1.82, 2.24) is 0 Å². The van der Waals surface area contributed by atoms with Crippen LogP contribution in [0.15, 0.2) is 0 Å². The lowest BCUT2D eigenvalue weighted by molar-refractivity contribution is -0.108. The maximum atomic E-state index is 10.0. The van der Waals surface area contributed by atoms with E-state index in [1.54, 1.807) is 0 Å². The fourth-order valence-electron chi connectivity index (χ4n) is 1.78. The van der Waals surface area contributed by atoms with E-state index in [2.05, 4.69) is 22.6 Å². The topological polar surface area (TPSA) is 17.1 Å². The molecule has 0 aromatic rings. The molecule has 0 unspecified atom stereocenters. The summed E-state index contributed by atoms with van der Waals surface area (Å²) in [7, 11) is 0. The number of carbonyl (C=O) groups excluding carboxylic acids is 1. The first-order valence-electron chi connectivity index (χ1n) is 4.75. The highest BCUT2D eigenvalue weighted by Crippen LogP contribution is 2.26. The van der Waals surface area contributed by atoms with Gasteiger partial charge in [0.1, 0.15) is 6.29 Å². The van der Waals surface area contributed by atoms with E-state index >= 15 is 0 Å². The average molecular weight is 282 g/mol. The van der Waals surface area contributed by atoms with Gasteiger partial charge in [-0.05, 0) is 17.3 Å². The van der Waals surface area contributed by atoms with E-state index < -0.39 is 0 Å². The number of alkyl halides is 1. The number of aldehydes is 1. The Balaban J connectivity index is 0.000000561. The predicted molar refractivity (Wildman–Crippen MR) is 61.8 cm³/mol. The minimum absolute atomic E-state index is 0.782. The lowest BCUT2D eigenvalue weighted by Crippen LogP contribution is -2.05. The number of carbonyl (C=O) groups is 1. The third-order valence-corrected chi connectivity index (χ3v) is 2.42. The summed E-state index contributed by atoms with van der Waals surface area (Å²) in [4.78, 5) is 12.0. The van der Waals surface area contributed by atoms with Gasteiger partial charge in [0.2, 0.25) is 0 Å². The molecule has 0 aromatic heterocycles. The quantitative estimate of drug-likeness (QED) is 0.439. The van der Waals surface area contributed by atoms with Crippen molar-refractivity contribution in [3.63, 3.8) is 0 Å². The first-order chi connectivity index (χ1) is 5.93. The number of hydrogen-bond donors (Lipinski definition) is 0. The molecular formula is C10H19IO.